The molecule has 2 N–H and O–H groups in total. The fourth-order valence-electron chi connectivity index (χ4n) is 2.47. The maximum absolute atomic E-state index is 13.1. The minimum Gasteiger partial charge on any atom is -0.395 e. The van der Waals surface area contributed by atoms with Gasteiger partial charge in [0.15, 0.2) is 11.5 Å². The van der Waals surface area contributed by atoms with Crippen LogP contribution in [0.15, 0.2) is 18.2 Å². The monoisotopic (exact) mass is 241 g/mol. The van der Waals surface area contributed by atoms with Crippen LogP contribution in [0.25, 0.3) is 0 Å². The van der Waals surface area contributed by atoms with E-state index >= 15 is 0 Å². The molecule has 1 aliphatic heterocycles. The molecule has 5 heteroatoms. The third kappa shape index (κ3) is 1.49. The molecule has 0 saturated heterocycles. The van der Waals surface area contributed by atoms with Gasteiger partial charge in [-0.2, -0.15) is 0 Å². The molecule has 2 aliphatic rings. The van der Waals surface area contributed by atoms with Crippen molar-refractivity contribution in [3.8, 4) is 11.5 Å². The minimum atomic E-state index is -3.56. The number of benzene rings is 1. The fourth-order valence-corrected chi connectivity index (χ4v) is 2.47. The Labute approximate surface area is 97.5 Å². The molecule has 17 heavy (non-hydrogen) atoms. The smallest absolute Gasteiger partial charge is 0.395 e. The second-order valence-electron chi connectivity index (χ2n) is 4.75. The van der Waals surface area contributed by atoms with E-state index in [1.165, 1.54) is 6.07 Å². The van der Waals surface area contributed by atoms with Crippen molar-refractivity contribution < 1.29 is 18.3 Å². The zero-order valence-electron chi connectivity index (χ0n) is 9.37. The molecule has 3 nitrogen and oxygen atoms in total. The van der Waals surface area contributed by atoms with E-state index in [1.54, 1.807) is 12.1 Å². The lowest BCUT2D eigenvalue weighted by Gasteiger charge is -2.21. The third-order valence-corrected chi connectivity index (χ3v) is 3.63. The molecule has 1 aromatic rings. The van der Waals surface area contributed by atoms with Gasteiger partial charge in [-0.05, 0) is 25.8 Å². The Balaban J connectivity index is 2.07. The van der Waals surface area contributed by atoms with Crippen LogP contribution in [0.4, 0.5) is 8.78 Å². The maximum Gasteiger partial charge on any atom is 0.586 e. The molecule has 92 valence electrons. The molecule has 0 aromatic heterocycles. The van der Waals surface area contributed by atoms with Gasteiger partial charge in [0.05, 0.1) is 0 Å². The summed E-state index contributed by atoms with van der Waals surface area (Å²) in [5.41, 5.74) is 6.45. The fraction of sp³-hybridized carbons (Fsp3) is 0.500. The van der Waals surface area contributed by atoms with Crippen molar-refractivity contribution >= 4 is 0 Å². The van der Waals surface area contributed by atoms with Crippen molar-refractivity contribution in [2.45, 2.75) is 37.5 Å². The Bertz CT molecular complexity index is 470. The van der Waals surface area contributed by atoms with Gasteiger partial charge in [-0.15, -0.1) is 8.78 Å². The van der Waals surface area contributed by atoms with Gasteiger partial charge in [0.25, 0.3) is 0 Å². The SMILES string of the molecule is CC(N)C1(c2cccc3c2OC(F)(F)O3)CC1. The third-order valence-electron chi connectivity index (χ3n) is 3.63. The first-order valence-electron chi connectivity index (χ1n) is 5.59. The summed E-state index contributed by atoms with van der Waals surface area (Å²) >= 11 is 0. The molecule has 0 amide bonds. The summed E-state index contributed by atoms with van der Waals surface area (Å²) in [7, 11) is 0. The quantitative estimate of drug-likeness (QED) is 0.864. The van der Waals surface area contributed by atoms with E-state index in [2.05, 4.69) is 9.47 Å². The van der Waals surface area contributed by atoms with E-state index in [0.717, 1.165) is 18.4 Å². The predicted octanol–water partition coefficient (Wildman–Crippen LogP) is 2.39. The summed E-state index contributed by atoms with van der Waals surface area (Å²) < 4.78 is 35.1. The van der Waals surface area contributed by atoms with Crippen molar-refractivity contribution in [3.63, 3.8) is 0 Å². The van der Waals surface area contributed by atoms with Gasteiger partial charge in [-0.25, -0.2) is 0 Å². The van der Waals surface area contributed by atoms with Gasteiger partial charge in [0, 0.05) is 17.0 Å². The zero-order valence-corrected chi connectivity index (χ0v) is 9.37. The molecule has 0 radical (unpaired) electrons. The molecular formula is C12H13F2NO2. The normalized spacial score (nSPS) is 24.5. The van der Waals surface area contributed by atoms with Gasteiger partial charge in [0.1, 0.15) is 0 Å². The molecule has 1 saturated carbocycles. The van der Waals surface area contributed by atoms with Crippen molar-refractivity contribution in [2.75, 3.05) is 0 Å². The number of nitrogens with two attached hydrogens (primary N) is 1. The highest BCUT2D eigenvalue weighted by molar-refractivity contribution is 5.54. The number of ether oxygens (including phenoxy) is 2. The van der Waals surface area contributed by atoms with Gasteiger partial charge >= 0.3 is 6.29 Å². The number of rotatable bonds is 2. The van der Waals surface area contributed by atoms with Gasteiger partial charge in [0.2, 0.25) is 0 Å². The lowest BCUT2D eigenvalue weighted by Crippen LogP contribution is -2.32. The van der Waals surface area contributed by atoms with Crippen LogP contribution in [-0.2, 0) is 5.41 Å². The minimum absolute atomic E-state index is 0.0909. The molecule has 1 fully saturated rings. The van der Waals surface area contributed by atoms with Crippen LogP contribution in [0, 0.1) is 0 Å². The first kappa shape index (κ1) is 10.8. The van der Waals surface area contributed by atoms with Crippen molar-refractivity contribution in [2.24, 2.45) is 5.73 Å². The van der Waals surface area contributed by atoms with Crippen LogP contribution < -0.4 is 15.2 Å². The molecular weight excluding hydrogens is 228 g/mol. The van der Waals surface area contributed by atoms with E-state index in [0.29, 0.717) is 0 Å². The molecule has 1 unspecified atom stereocenters. The summed E-state index contributed by atoms with van der Waals surface area (Å²) in [6, 6.07) is 4.88. The molecule has 3 rings (SSSR count). The summed E-state index contributed by atoms with van der Waals surface area (Å²) in [5.74, 6) is 0.242. The Morgan fingerprint density at radius 3 is 2.59 bits per heavy atom. The van der Waals surface area contributed by atoms with Crippen molar-refractivity contribution in [1.29, 1.82) is 0 Å². The average Bonchev–Trinajstić information content (AvgIpc) is 2.95. The average molecular weight is 241 g/mol. The number of hydrogen-bond donors (Lipinski definition) is 1. The molecule has 1 aromatic carbocycles. The van der Waals surface area contributed by atoms with Crippen LogP contribution in [0.1, 0.15) is 25.3 Å². The van der Waals surface area contributed by atoms with Gasteiger partial charge < -0.3 is 15.2 Å². The number of hydrogen-bond acceptors (Lipinski definition) is 3. The first-order valence-corrected chi connectivity index (χ1v) is 5.59. The van der Waals surface area contributed by atoms with Crippen LogP contribution in [0.3, 0.4) is 0 Å². The van der Waals surface area contributed by atoms with Crippen molar-refractivity contribution in [1.82, 2.24) is 0 Å². The Kier molecular flexibility index (Phi) is 1.96. The van der Waals surface area contributed by atoms with E-state index in [1.807, 2.05) is 6.92 Å². The lowest BCUT2D eigenvalue weighted by atomic mass is 9.88. The molecule has 1 heterocycles. The highest BCUT2D eigenvalue weighted by Crippen LogP contribution is 2.57. The Morgan fingerprint density at radius 1 is 1.29 bits per heavy atom. The predicted molar refractivity (Wildman–Crippen MR) is 57.2 cm³/mol. The van der Waals surface area contributed by atoms with Gasteiger partial charge in [-0.1, -0.05) is 12.1 Å². The summed E-state index contributed by atoms with van der Waals surface area (Å²) in [6.07, 6.45) is -1.77. The molecule has 0 bridgehead atoms. The molecule has 1 atom stereocenters. The van der Waals surface area contributed by atoms with Crippen LogP contribution in [0.2, 0.25) is 0 Å². The van der Waals surface area contributed by atoms with E-state index < -0.39 is 6.29 Å². The Morgan fingerprint density at radius 2 is 2.00 bits per heavy atom. The lowest BCUT2D eigenvalue weighted by molar-refractivity contribution is -0.287. The van der Waals surface area contributed by atoms with Crippen LogP contribution in [0.5, 0.6) is 11.5 Å². The second-order valence-corrected chi connectivity index (χ2v) is 4.75. The standard InChI is InChI=1S/C12H13F2NO2/c1-7(15)11(5-6-11)8-3-2-4-9-10(8)17-12(13,14)16-9/h2-4,7H,5-6,15H2,1H3. The largest absolute Gasteiger partial charge is 0.586 e. The molecule has 1 aliphatic carbocycles. The first-order chi connectivity index (χ1) is 7.95. The highest BCUT2D eigenvalue weighted by Gasteiger charge is 2.53. The second kappa shape index (κ2) is 3.10. The topological polar surface area (TPSA) is 44.5 Å². The summed E-state index contributed by atoms with van der Waals surface area (Å²) in [5, 5.41) is 0. The van der Waals surface area contributed by atoms with Crippen molar-refractivity contribution in [3.05, 3.63) is 23.8 Å². The zero-order chi connectivity index (χ0) is 12.3. The number of para-hydroxylation sites is 1. The van der Waals surface area contributed by atoms with E-state index in [-0.39, 0.29) is 23.0 Å². The highest BCUT2D eigenvalue weighted by atomic mass is 19.3. The summed E-state index contributed by atoms with van der Waals surface area (Å²) in [4.78, 5) is 0. The summed E-state index contributed by atoms with van der Waals surface area (Å²) in [6.45, 7) is 1.89. The van der Waals surface area contributed by atoms with E-state index in [4.69, 9.17) is 5.73 Å². The number of halogens is 2. The van der Waals surface area contributed by atoms with Gasteiger partial charge in [-0.3, -0.25) is 0 Å². The number of fused-ring (bicyclic) bond motifs is 1. The van der Waals surface area contributed by atoms with Crippen LogP contribution in [-0.4, -0.2) is 12.3 Å². The maximum atomic E-state index is 13.1. The van der Waals surface area contributed by atoms with Crippen LogP contribution >= 0.6 is 0 Å². The molecule has 0 spiro atoms. The Hall–Kier alpha value is -1.36. The van der Waals surface area contributed by atoms with E-state index in [9.17, 15) is 8.78 Å². The number of alkyl halides is 2.